The van der Waals surface area contributed by atoms with Crippen molar-refractivity contribution < 1.29 is 28.6 Å². The number of ether oxygens (including phenoxy) is 3. The van der Waals surface area contributed by atoms with Gasteiger partial charge < -0.3 is 14.2 Å². The highest BCUT2D eigenvalue weighted by Gasteiger charge is 2.19. The van der Waals surface area contributed by atoms with E-state index in [9.17, 15) is 14.4 Å². The zero-order chi connectivity index (χ0) is 41.9. The van der Waals surface area contributed by atoms with Crippen LogP contribution in [-0.4, -0.2) is 37.2 Å². The molecule has 0 bridgehead atoms. The molecule has 0 spiro atoms. The Bertz CT molecular complexity index is 870. The molecule has 0 rings (SSSR count). The van der Waals surface area contributed by atoms with Gasteiger partial charge in [0.2, 0.25) is 0 Å². The molecule has 0 N–H and O–H groups in total. The minimum atomic E-state index is -0.759. The van der Waals surface area contributed by atoms with Gasteiger partial charge in [0.1, 0.15) is 13.2 Å². The standard InChI is InChI=1S/C51H98O6/c1-6-7-8-29-36-41-49(52)55-44-48(57-51(54)43-38-33-28-24-20-16-15-18-22-26-31-35-40-47(4)5)45-56-50(53)42-37-32-27-23-19-14-12-10-9-11-13-17-21-25-30-34-39-46(2)3/h46-48H,6-45H2,1-5H3/t48-/m0/s1. The van der Waals surface area contributed by atoms with E-state index in [2.05, 4.69) is 34.6 Å². The van der Waals surface area contributed by atoms with E-state index in [0.717, 1.165) is 76.0 Å². The van der Waals surface area contributed by atoms with Gasteiger partial charge in [-0.2, -0.15) is 0 Å². The van der Waals surface area contributed by atoms with Gasteiger partial charge in [-0.05, 0) is 31.1 Å². The Kier molecular flexibility index (Phi) is 42.7. The van der Waals surface area contributed by atoms with Crippen molar-refractivity contribution in [1.29, 1.82) is 0 Å². The summed E-state index contributed by atoms with van der Waals surface area (Å²) in [5.41, 5.74) is 0. The third kappa shape index (κ3) is 45.3. The fourth-order valence-electron chi connectivity index (χ4n) is 7.64. The summed E-state index contributed by atoms with van der Waals surface area (Å²) in [7, 11) is 0. The van der Waals surface area contributed by atoms with Gasteiger partial charge >= 0.3 is 17.9 Å². The number of esters is 3. The number of rotatable bonds is 45. The van der Waals surface area contributed by atoms with Gasteiger partial charge in [-0.25, -0.2) is 0 Å². The van der Waals surface area contributed by atoms with Crippen molar-refractivity contribution in [2.75, 3.05) is 13.2 Å². The molecule has 338 valence electrons. The van der Waals surface area contributed by atoms with Crippen LogP contribution in [0.25, 0.3) is 0 Å². The third-order valence-corrected chi connectivity index (χ3v) is 11.5. The first kappa shape index (κ1) is 55.4. The molecule has 57 heavy (non-hydrogen) atoms. The molecule has 0 saturated carbocycles. The zero-order valence-corrected chi connectivity index (χ0v) is 39.0. The predicted molar refractivity (Wildman–Crippen MR) is 243 cm³/mol. The minimum absolute atomic E-state index is 0.0647. The van der Waals surface area contributed by atoms with Crippen molar-refractivity contribution in [2.24, 2.45) is 11.8 Å². The van der Waals surface area contributed by atoms with Crippen LogP contribution in [0.5, 0.6) is 0 Å². The van der Waals surface area contributed by atoms with Crippen molar-refractivity contribution in [2.45, 2.75) is 285 Å². The second kappa shape index (κ2) is 44.0. The van der Waals surface area contributed by atoms with E-state index in [-0.39, 0.29) is 31.1 Å². The van der Waals surface area contributed by atoms with E-state index in [0.29, 0.717) is 19.3 Å². The SMILES string of the molecule is CCCCCCCC(=O)OC[C@@H](COC(=O)CCCCCCCCCCCCCCCCCCC(C)C)OC(=O)CCCCCCCCCCCCCCC(C)C. The van der Waals surface area contributed by atoms with Crippen LogP contribution >= 0.6 is 0 Å². The Morgan fingerprint density at radius 2 is 0.579 bits per heavy atom. The lowest BCUT2D eigenvalue weighted by atomic mass is 10.0. The summed E-state index contributed by atoms with van der Waals surface area (Å²) in [5.74, 6) is 0.821. The molecule has 0 radical (unpaired) electrons. The number of hydrogen-bond acceptors (Lipinski definition) is 6. The molecule has 0 aliphatic carbocycles. The van der Waals surface area contributed by atoms with Gasteiger partial charge in [-0.1, -0.05) is 240 Å². The molecule has 6 nitrogen and oxygen atoms in total. The Morgan fingerprint density at radius 3 is 0.860 bits per heavy atom. The van der Waals surface area contributed by atoms with Crippen LogP contribution in [0.1, 0.15) is 279 Å². The zero-order valence-electron chi connectivity index (χ0n) is 39.0. The Hall–Kier alpha value is -1.59. The lowest BCUT2D eigenvalue weighted by Crippen LogP contribution is -2.30. The summed E-state index contributed by atoms with van der Waals surface area (Å²) >= 11 is 0. The van der Waals surface area contributed by atoms with Crippen molar-refractivity contribution in [3.63, 3.8) is 0 Å². The number of unbranched alkanes of at least 4 members (excludes halogenated alkanes) is 30. The first-order chi connectivity index (χ1) is 27.7. The van der Waals surface area contributed by atoms with Crippen molar-refractivity contribution >= 4 is 17.9 Å². The normalized spacial score (nSPS) is 12.1. The fraction of sp³-hybridized carbons (Fsp3) is 0.941. The molecule has 0 heterocycles. The largest absolute Gasteiger partial charge is 0.462 e. The molecule has 0 amide bonds. The van der Waals surface area contributed by atoms with Gasteiger partial charge in [-0.3, -0.25) is 14.4 Å². The summed E-state index contributed by atoms with van der Waals surface area (Å²) in [5, 5.41) is 0. The second-order valence-electron chi connectivity index (χ2n) is 18.4. The highest BCUT2D eigenvalue weighted by atomic mass is 16.6. The first-order valence-corrected chi connectivity index (χ1v) is 25.2. The quantitative estimate of drug-likeness (QED) is 0.0346. The van der Waals surface area contributed by atoms with Gasteiger partial charge in [0.15, 0.2) is 6.10 Å². The van der Waals surface area contributed by atoms with E-state index >= 15 is 0 Å². The van der Waals surface area contributed by atoms with Crippen LogP contribution < -0.4 is 0 Å². The van der Waals surface area contributed by atoms with E-state index < -0.39 is 6.10 Å². The van der Waals surface area contributed by atoms with E-state index in [1.165, 1.54) is 161 Å². The van der Waals surface area contributed by atoms with Crippen LogP contribution in [0.3, 0.4) is 0 Å². The first-order valence-electron chi connectivity index (χ1n) is 25.2. The topological polar surface area (TPSA) is 78.9 Å². The lowest BCUT2D eigenvalue weighted by Gasteiger charge is -2.18. The average Bonchev–Trinajstić information content (AvgIpc) is 3.18. The van der Waals surface area contributed by atoms with Crippen molar-refractivity contribution in [3.05, 3.63) is 0 Å². The highest BCUT2D eigenvalue weighted by Crippen LogP contribution is 2.17. The summed E-state index contributed by atoms with van der Waals surface area (Å²) in [6, 6.07) is 0. The lowest BCUT2D eigenvalue weighted by molar-refractivity contribution is -0.167. The average molecular weight is 807 g/mol. The Balaban J connectivity index is 4.10. The van der Waals surface area contributed by atoms with Crippen LogP contribution in [0, 0.1) is 11.8 Å². The smallest absolute Gasteiger partial charge is 0.306 e. The number of hydrogen-bond donors (Lipinski definition) is 0. The highest BCUT2D eigenvalue weighted by molar-refractivity contribution is 5.71. The van der Waals surface area contributed by atoms with Gasteiger partial charge in [0.05, 0.1) is 0 Å². The van der Waals surface area contributed by atoms with Crippen LogP contribution in [0.2, 0.25) is 0 Å². The molecule has 0 saturated heterocycles. The van der Waals surface area contributed by atoms with E-state index in [1.807, 2.05) is 0 Å². The molecule has 6 heteroatoms. The van der Waals surface area contributed by atoms with Crippen molar-refractivity contribution in [1.82, 2.24) is 0 Å². The molecule has 0 aromatic heterocycles. The maximum atomic E-state index is 12.7. The van der Waals surface area contributed by atoms with Crippen LogP contribution in [0.4, 0.5) is 0 Å². The Labute approximate surface area is 355 Å². The molecule has 0 unspecified atom stereocenters. The summed E-state index contributed by atoms with van der Waals surface area (Å²) in [4.78, 5) is 37.6. The van der Waals surface area contributed by atoms with Crippen LogP contribution in [0.15, 0.2) is 0 Å². The molecular formula is C51H98O6. The van der Waals surface area contributed by atoms with E-state index in [1.54, 1.807) is 0 Å². The summed E-state index contributed by atoms with van der Waals surface area (Å²) in [6.45, 7) is 11.3. The van der Waals surface area contributed by atoms with Gasteiger partial charge in [0.25, 0.3) is 0 Å². The minimum Gasteiger partial charge on any atom is -0.462 e. The maximum Gasteiger partial charge on any atom is 0.306 e. The maximum absolute atomic E-state index is 12.7. The molecule has 0 aliphatic heterocycles. The number of carbonyl (C=O) groups is 3. The third-order valence-electron chi connectivity index (χ3n) is 11.5. The van der Waals surface area contributed by atoms with E-state index in [4.69, 9.17) is 14.2 Å². The van der Waals surface area contributed by atoms with Gasteiger partial charge in [-0.15, -0.1) is 0 Å². The molecular weight excluding hydrogens is 709 g/mol. The predicted octanol–water partition coefficient (Wildman–Crippen LogP) is 16.1. The molecule has 0 fully saturated rings. The molecule has 0 aromatic rings. The second-order valence-corrected chi connectivity index (χ2v) is 18.4. The summed E-state index contributed by atoms with van der Waals surface area (Å²) in [6.07, 6.45) is 44.1. The molecule has 1 atom stereocenters. The summed E-state index contributed by atoms with van der Waals surface area (Å²) < 4.78 is 16.7. The van der Waals surface area contributed by atoms with Crippen LogP contribution in [-0.2, 0) is 28.6 Å². The molecule has 0 aliphatic rings. The molecule has 0 aromatic carbocycles. The fourth-order valence-corrected chi connectivity index (χ4v) is 7.64. The van der Waals surface area contributed by atoms with Gasteiger partial charge in [0, 0.05) is 19.3 Å². The van der Waals surface area contributed by atoms with Crippen molar-refractivity contribution in [3.8, 4) is 0 Å². The number of carbonyl (C=O) groups excluding carboxylic acids is 3. The monoisotopic (exact) mass is 807 g/mol. The Morgan fingerprint density at radius 1 is 0.333 bits per heavy atom.